The van der Waals surface area contributed by atoms with E-state index < -0.39 is 5.54 Å². The number of hydrogen-bond donors (Lipinski definition) is 1. The molecule has 1 aromatic heterocycles. The Kier molecular flexibility index (Phi) is 6.78. The molecule has 1 aliphatic rings. The van der Waals surface area contributed by atoms with Crippen LogP contribution in [0.4, 0.5) is 0 Å². The predicted octanol–water partition coefficient (Wildman–Crippen LogP) is 4.62. The Bertz CT molecular complexity index is 864. The maximum Gasteiger partial charge on any atom is 0.253 e. The molecule has 1 amide bonds. The summed E-state index contributed by atoms with van der Waals surface area (Å²) in [5.74, 6) is 0.0938. The van der Waals surface area contributed by atoms with Gasteiger partial charge in [0, 0.05) is 20.4 Å². The molecule has 4 nitrogen and oxygen atoms in total. The van der Waals surface area contributed by atoms with E-state index in [1.54, 1.807) is 6.20 Å². The minimum atomic E-state index is -0.850. The fraction of sp³-hybridized carbons (Fsp3) is 0.280. The lowest BCUT2D eigenvalue weighted by Crippen LogP contribution is -2.45. The Balaban J connectivity index is 0.00000104. The molecule has 2 aromatic carbocycles. The van der Waals surface area contributed by atoms with Gasteiger partial charge in [-0.1, -0.05) is 80.6 Å². The summed E-state index contributed by atoms with van der Waals surface area (Å²) in [5, 5.41) is 3.60. The van der Waals surface area contributed by atoms with Gasteiger partial charge in [0.1, 0.15) is 0 Å². The van der Waals surface area contributed by atoms with E-state index in [2.05, 4.69) is 17.2 Å². The van der Waals surface area contributed by atoms with Gasteiger partial charge in [-0.2, -0.15) is 0 Å². The minimum absolute atomic E-state index is 0. The van der Waals surface area contributed by atoms with E-state index in [4.69, 9.17) is 0 Å². The number of hydrogen-bond acceptors (Lipinski definition) is 3. The van der Waals surface area contributed by atoms with Crippen molar-refractivity contribution < 1.29 is 6.22 Å². The van der Waals surface area contributed by atoms with Crippen molar-refractivity contribution in [2.75, 3.05) is 6.54 Å². The lowest BCUT2D eigenvalue weighted by atomic mass is 9.82. The average Bonchev–Trinajstić information content (AvgIpc) is 3.06. The van der Waals surface area contributed by atoms with Crippen LogP contribution in [-0.4, -0.2) is 28.5 Å². The summed E-state index contributed by atoms with van der Waals surface area (Å²) in [4.78, 5) is 19.8. The SMILES string of the molecule is CC.CC1NC(c2ccccc2)(c2ccccc2)C(=O)N1CCc1cccnc1.[HH]. The highest BCUT2D eigenvalue weighted by molar-refractivity contribution is 5.93. The largest absolute Gasteiger partial charge is 0.325 e. The zero-order valence-electron chi connectivity index (χ0n) is 17.4. The summed E-state index contributed by atoms with van der Waals surface area (Å²) in [6.45, 7) is 6.70. The highest BCUT2D eigenvalue weighted by Crippen LogP contribution is 2.37. The molecule has 1 N–H and O–H groups in total. The second-order valence-corrected chi connectivity index (χ2v) is 6.91. The normalized spacial score (nSPS) is 17.6. The van der Waals surface area contributed by atoms with Crippen LogP contribution in [0, 0.1) is 0 Å². The maximum atomic E-state index is 13.7. The number of nitrogens with one attached hydrogen (secondary N) is 1. The number of aromatic nitrogens is 1. The molecule has 1 fully saturated rings. The molecule has 1 unspecified atom stereocenters. The Morgan fingerprint density at radius 3 is 2.07 bits per heavy atom. The topological polar surface area (TPSA) is 45.2 Å². The fourth-order valence-electron chi connectivity index (χ4n) is 3.89. The van der Waals surface area contributed by atoms with Gasteiger partial charge in [-0.3, -0.25) is 15.1 Å². The second-order valence-electron chi connectivity index (χ2n) is 6.91. The number of amides is 1. The summed E-state index contributed by atoms with van der Waals surface area (Å²) in [6, 6.07) is 24.0. The quantitative estimate of drug-likeness (QED) is 0.693. The zero-order valence-corrected chi connectivity index (χ0v) is 17.4. The number of nitrogens with zero attached hydrogens (tertiary/aromatic N) is 2. The van der Waals surface area contributed by atoms with Crippen molar-refractivity contribution in [1.82, 2.24) is 15.2 Å². The minimum Gasteiger partial charge on any atom is -0.325 e. The van der Waals surface area contributed by atoms with Gasteiger partial charge in [-0.05, 0) is 36.1 Å². The number of carbonyl (C=O) groups excluding carboxylic acids is 1. The van der Waals surface area contributed by atoms with E-state index in [0.29, 0.717) is 6.54 Å². The predicted molar refractivity (Wildman–Crippen MR) is 119 cm³/mol. The van der Waals surface area contributed by atoms with E-state index in [1.165, 1.54) is 0 Å². The summed E-state index contributed by atoms with van der Waals surface area (Å²) >= 11 is 0. The van der Waals surface area contributed by atoms with Crippen LogP contribution in [-0.2, 0) is 16.8 Å². The first-order valence-corrected chi connectivity index (χ1v) is 10.3. The van der Waals surface area contributed by atoms with Gasteiger partial charge < -0.3 is 4.90 Å². The van der Waals surface area contributed by atoms with Gasteiger partial charge in [-0.25, -0.2) is 0 Å². The summed E-state index contributed by atoms with van der Waals surface area (Å²) in [7, 11) is 0. The molecule has 0 spiro atoms. The molecular formula is C25H31N3O. The molecule has 0 radical (unpaired) electrons. The second kappa shape index (κ2) is 9.48. The van der Waals surface area contributed by atoms with Crippen LogP contribution in [0.15, 0.2) is 85.2 Å². The first kappa shape index (κ1) is 20.7. The van der Waals surface area contributed by atoms with Crippen molar-refractivity contribution in [3.8, 4) is 0 Å². The van der Waals surface area contributed by atoms with Gasteiger partial charge >= 0.3 is 0 Å². The molecule has 29 heavy (non-hydrogen) atoms. The zero-order chi connectivity index (χ0) is 20.7. The van der Waals surface area contributed by atoms with E-state index in [1.807, 2.05) is 97.7 Å². The maximum absolute atomic E-state index is 13.7. The Labute approximate surface area is 175 Å². The summed E-state index contributed by atoms with van der Waals surface area (Å²) in [5.41, 5.74) is 2.22. The Morgan fingerprint density at radius 1 is 0.966 bits per heavy atom. The third-order valence-electron chi connectivity index (χ3n) is 5.25. The molecule has 1 atom stereocenters. The van der Waals surface area contributed by atoms with Crippen molar-refractivity contribution in [3.63, 3.8) is 0 Å². The van der Waals surface area contributed by atoms with Crippen LogP contribution in [0.3, 0.4) is 0 Å². The van der Waals surface area contributed by atoms with E-state index in [-0.39, 0.29) is 13.5 Å². The Hall–Kier alpha value is -2.98. The summed E-state index contributed by atoms with van der Waals surface area (Å²) in [6.07, 6.45) is 4.35. The van der Waals surface area contributed by atoms with E-state index >= 15 is 0 Å². The third kappa shape index (κ3) is 4.08. The molecule has 4 rings (SSSR count). The van der Waals surface area contributed by atoms with Crippen LogP contribution in [0.1, 0.15) is 38.9 Å². The fourth-order valence-corrected chi connectivity index (χ4v) is 3.89. The molecule has 152 valence electrons. The van der Waals surface area contributed by atoms with Crippen molar-refractivity contribution >= 4 is 5.91 Å². The number of benzene rings is 2. The standard InChI is InChI=1S/C23H23N3O.C2H6.H2/c1-18-25-23(20-10-4-2-5-11-20,21-12-6-3-7-13-21)22(27)26(18)16-14-19-9-8-15-24-17-19;1-2;/h2-13,15,17-18,25H,14,16H2,1H3;1-2H3;1H. The Morgan fingerprint density at radius 2 is 1.55 bits per heavy atom. The van der Waals surface area contributed by atoms with Crippen LogP contribution in [0.25, 0.3) is 0 Å². The molecule has 2 heterocycles. The van der Waals surface area contributed by atoms with Crippen molar-refractivity contribution in [3.05, 3.63) is 102 Å². The third-order valence-corrected chi connectivity index (χ3v) is 5.25. The first-order chi connectivity index (χ1) is 14.2. The van der Waals surface area contributed by atoms with Crippen LogP contribution in [0.2, 0.25) is 0 Å². The van der Waals surface area contributed by atoms with Crippen molar-refractivity contribution in [1.29, 1.82) is 0 Å². The molecule has 1 aliphatic heterocycles. The lowest BCUT2D eigenvalue weighted by Gasteiger charge is -2.29. The van der Waals surface area contributed by atoms with Crippen LogP contribution >= 0.6 is 0 Å². The highest BCUT2D eigenvalue weighted by Gasteiger charge is 2.51. The lowest BCUT2D eigenvalue weighted by molar-refractivity contribution is -0.132. The van der Waals surface area contributed by atoms with Crippen molar-refractivity contribution in [2.24, 2.45) is 0 Å². The number of pyridine rings is 1. The smallest absolute Gasteiger partial charge is 0.253 e. The van der Waals surface area contributed by atoms with E-state index in [0.717, 1.165) is 23.1 Å². The van der Waals surface area contributed by atoms with Gasteiger partial charge in [0.2, 0.25) is 0 Å². The first-order valence-electron chi connectivity index (χ1n) is 10.3. The molecular weight excluding hydrogens is 358 g/mol. The number of rotatable bonds is 5. The molecule has 0 saturated carbocycles. The van der Waals surface area contributed by atoms with Gasteiger partial charge in [-0.15, -0.1) is 0 Å². The summed E-state index contributed by atoms with van der Waals surface area (Å²) < 4.78 is 0. The molecule has 4 heteroatoms. The molecule has 3 aromatic rings. The number of carbonyl (C=O) groups is 1. The molecule has 0 bridgehead atoms. The van der Waals surface area contributed by atoms with Crippen LogP contribution in [0.5, 0.6) is 0 Å². The van der Waals surface area contributed by atoms with Gasteiger partial charge in [0.05, 0.1) is 6.17 Å². The monoisotopic (exact) mass is 389 g/mol. The van der Waals surface area contributed by atoms with Gasteiger partial charge in [0.25, 0.3) is 5.91 Å². The van der Waals surface area contributed by atoms with Crippen molar-refractivity contribution in [2.45, 2.75) is 38.9 Å². The van der Waals surface area contributed by atoms with E-state index in [9.17, 15) is 4.79 Å². The average molecular weight is 390 g/mol. The molecule has 1 saturated heterocycles. The highest BCUT2D eigenvalue weighted by atomic mass is 16.2. The molecule has 0 aliphatic carbocycles. The van der Waals surface area contributed by atoms with Crippen LogP contribution < -0.4 is 5.32 Å². The van der Waals surface area contributed by atoms with Gasteiger partial charge in [0.15, 0.2) is 5.54 Å².